The number of rotatable bonds is 7. The molecule has 1 N–H and O–H groups in total. The van der Waals surface area contributed by atoms with E-state index in [1.165, 1.54) is 0 Å². The number of hydrogen-bond acceptors (Lipinski definition) is 4. The summed E-state index contributed by atoms with van der Waals surface area (Å²) >= 11 is 0. The average Bonchev–Trinajstić information content (AvgIpc) is 2.59. The standard InChI is InChI=1S/C18H19NO4/c1-22-16-9-5-8-15(10-16)11-17(20)19-12-18(21)23-13-14-6-3-2-4-7-14/h2-10H,11-13H2,1H3,(H,19,20). The van der Waals surface area contributed by atoms with Crippen molar-refractivity contribution >= 4 is 11.9 Å². The summed E-state index contributed by atoms with van der Waals surface area (Å²) in [5.41, 5.74) is 1.73. The van der Waals surface area contributed by atoms with Gasteiger partial charge in [0.15, 0.2) is 0 Å². The number of carbonyl (C=O) groups excluding carboxylic acids is 2. The first-order valence-corrected chi connectivity index (χ1v) is 7.26. The summed E-state index contributed by atoms with van der Waals surface area (Å²) in [5, 5.41) is 2.55. The van der Waals surface area contributed by atoms with Crippen LogP contribution in [-0.2, 0) is 27.4 Å². The van der Waals surface area contributed by atoms with Crippen molar-refractivity contribution in [2.75, 3.05) is 13.7 Å². The molecule has 0 saturated carbocycles. The molecule has 0 radical (unpaired) electrons. The van der Waals surface area contributed by atoms with E-state index >= 15 is 0 Å². The van der Waals surface area contributed by atoms with Gasteiger partial charge >= 0.3 is 5.97 Å². The highest BCUT2D eigenvalue weighted by Crippen LogP contribution is 2.12. The number of carbonyl (C=O) groups is 2. The molecule has 0 heterocycles. The number of methoxy groups -OCH3 is 1. The van der Waals surface area contributed by atoms with E-state index in [-0.39, 0.29) is 25.5 Å². The van der Waals surface area contributed by atoms with E-state index in [0.717, 1.165) is 11.1 Å². The minimum absolute atomic E-state index is 0.143. The summed E-state index contributed by atoms with van der Waals surface area (Å²) in [7, 11) is 1.57. The number of hydrogen-bond donors (Lipinski definition) is 1. The predicted molar refractivity (Wildman–Crippen MR) is 85.9 cm³/mol. The lowest BCUT2D eigenvalue weighted by molar-refractivity contribution is -0.145. The van der Waals surface area contributed by atoms with Crippen molar-refractivity contribution in [3.05, 3.63) is 65.7 Å². The molecule has 0 aliphatic rings. The van der Waals surface area contributed by atoms with Crippen LogP contribution in [0.4, 0.5) is 0 Å². The number of esters is 1. The van der Waals surface area contributed by atoms with Crippen molar-refractivity contribution < 1.29 is 19.1 Å². The molecule has 0 aliphatic heterocycles. The molecule has 0 unspecified atom stereocenters. The molecule has 0 atom stereocenters. The van der Waals surface area contributed by atoms with Gasteiger partial charge in [0.1, 0.15) is 18.9 Å². The van der Waals surface area contributed by atoms with Crippen LogP contribution in [0.1, 0.15) is 11.1 Å². The lowest BCUT2D eigenvalue weighted by atomic mass is 10.1. The van der Waals surface area contributed by atoms with Crippen LogP contribution in [-0.4, -0.2) is 25.5 Å². The largest absolute Gasteiger partial charge is 0.497 e. The summed E-state index contributed by atoms with van der Waals surface area (Å²) in [4.78, 5) is 23.4. The molecule has 120 valence electrons. The molecule has 5 nitrogen and oxygen atoms in total. The molecule has 2 aromatic carbocycles. The number of ether oxygens (including phenoxy) is 2. The van der Waals surface area contributed by atoms with Gasteiger partial charge in [-0.2, -0.15) is 0 Å². The second kappa shape index (κ2) is 8.58. The molecule has 0 aromatic heterocycles. The van der Waals surface area contributed by atoms with E-state index in [9.17, 15) is 9.59 Å². The third-order valence-electron chi connectivity index (χ3n) is 3.17. The van der Waals surface area contributed by atoms with E-state index in [4.69, 9.17) is 9.47 Å². The Morgan fingerprint density at radius 2 is 1.74 bits per heavy atom. The molecule has 0 spiro atoms. The van der Waals surface area contributed by atoms with Gasteiger partial charge < -0.3 is 14.8 Å². The highest BCUT2D eigenvalue weighted by atomic mass is 16.5. The maximum absolute atomic E-state index is 11.8. The van der Waals surface area contributed by atoms with Crippen LogP contribution < -0.4 is 10.1 Å². The minimum Gasteiger partial charge on any atom is -0.497 e. The van der Waals surface area contributed by atoms with E-state index in [0.29, 0.717) is 5.75 Å². The summed E-state index contributed by atoms with van der Waals surface area (Å²) < 4.78 is 10.2. The predicted octanol–water partition coefficient (Wildman–Crippen LogP) is 2.10. The molecular formula is C18H19NO4. The normalized spacial score (nSPS) is 9.96. The van der Waals surface area contributed by atoms with Gasteiger partial charge in [-0.25, -0.2) is 0 Å². The van der Waals surface area contributed by atoms with Gasteiger partial charge in [0, 0.05) is 0 Å². The van der Waals surface area contributed by atoms with Gasteiger partial charge in [-0.15, -0.1) is 0 Å². The van der Waals surface area contributed by atoms with E-state index in [1.54, 1.807) is 13.2 Å². The highest BCUT2D eigenvalue weighted by molar-refractivity contribution is 5.83. The van der Waals surface area contributed by atoms with Gasteiger partial charge in [0.2, 0.25) is 5.91 Å². The maximum Gasteiger partial charge on any atom is 0.325 e. The van der Waals surface area contributed by atoms with Crippen molar-refractivity contribution in [3.8, 4) is 5.75 Å². The van der Waals surface area contributed by atoms with Crippen LogP contribution in [0.2, 0.25) is 0 Å². The van der Waals surface area contributed by atoms with Gasteiger partial charge in [-0.05, 0) is 23.3 Å². The molecule has 23 heavy (non-hydrogen) atoms. The van der Waals surface area contributed by atoms with Crippen LogP contribution >= 0.6 is 0 Å². The molecule has 0 saturated heterocycles. The van der Waals surface area contributed by atoms with Crippen molar-refractivity contribution in [2.45, 2.75) is 13.0 Å². The molecule has 5 heteroatoms. The third kappa shape index (κ3) is 5.82. The second-order valence-corrected chi connectivity index (χ2v) is 4.95. The molecule has 2 aromatic rings. The lowest BCUT2D eigenvalue weighted by Crippen LogP contribution is -2.31. The van der Waals surface area contributed by atoms with Crippen LogP contribution in [0.3, 0.4) is 0 Å². The maximum atomic E-state index is 11.8. The van der Waals surface area contributed by atoms with E-state index < -0.39 is 5.97 Å². The number of nitrogens with one attached hydrogen (secondary N) is 1. The summed E-state index contributed by atoms with van der Waals surface area (Å²) in [5.74, 6) is -0.0136. The Hall–Kier alpha value is -2.82. The average molecular weight is 313 g/mol. The SMILES string of the molecule is COc1cccc(CC(=O)NCC(=O)OCc2ccccc2)c1. The number of amides is 1. The minimum atomic E-state index is -0.465. The zero-order valence-corrected chi connectivity index (χ0v) is 13.0. The quantitative estimate of drug-likeness (QED) is 0.795. The van der Waals surface area contributed by atoms with E-state index in [2.05, 4.69) is 5.32 Å². The smallest absolute Gasteiger partial charge is 0.325 e. The van der Waals surface area contributed by atoms with Crippen molar-refractivity contribution in [1.29, 1.82) is 0 Å². The molecule has 0 fully saturated rings. The Labute approximate surface area is 135 Å². The fraction of sp³-hybridized carbons (Fsp3) is 0.222. The Balaban J connectivity index is 1.72. The molecule has 2 rings (SSSR count). The van der Waals surface area contributed by atoms with Crippen LogP contribution in [0.15, 0.2) is 54.6 Å². The molecule has 0 bridgehead atoms. The number of benzene rings is 2. The third-order valence-corrected chi connectivity index (χ3v) is 3.17. The highest BCUT2D eigenvalue weighted by Gasteiger charge is 2.08. The fourth-order valence-corrected chi connectivity index (χ4v) is 1.99. The first-order chi connectivity index (χ1) is 11.2. The van der Waals surface area contributed by atoms with Crippen LogP contribution in [0, 0.1) is 0 Å². The monoisotopic (exact) mass is 313 g/mol. The zero-order chi connectivity index (χ0) is 16.5. The summed E-state index contributed by atoms with van der Waals surface area (Å²) in [6.45, 7) is 0.0566. The second-order valence-electron chi connectivity index (χ2n) is 4.95. The Kier molecular flexibility index (Phi) is 6.17. The Morgan fingerprint density at radius 1 is 1.00 bits per heavy atom. The van der Waals surface area contributed by atoms with Crippen LogP contribution in [0.5, 0.6) is 5.75 Å². The van der Waals surface area contributed by atoms with Gasteiger partial charge in [0.05, 0.1) is 13.5 Å². The molecule has 0 aliphatic carbocycles. The van der Waals surface area contributed by atoms with Crippen molar-refractivity contribution in [3.63, 3.8) is 0 Å². The topological polar surface area (TPSA) is 64.6 Å². The van der Waals surface area contributed by atoms with E-state index in [1.807, 2.05) is 48.5 Å². The molecular weight excluding hydrogens is 294 g/mol. The lowest BCUT2D eigenvalue weighted by Gasteiger charge is -2.07. The Morgan fingerprint density at radius 3 is 2.48 bits per heavy atom. The summed E-state index contributed by atoms with van der Waals surface area (Å²) in [6, 6.07) is 16.6. The fourth-order valence-electron chi connectivity index (χ4n) is 1.99. The first-order valence-electron chi connectivity index (χ1n) is 7.26. The Bertz CT molecular complexity index is 655. The van der Waals surface area contributed by atoms with Crippen molar-refractivity contribution in [1.82, 2.24) is 5.32 Å². The van der Waals surface area contributed by atoms with Gasteiger partial charge in [0.25, 0.3) is 0 Å². The molecule has 1 amide bonds. The zero-order valence-electron chi connectivity index (χ0n) is 13.0. The van der Waals surface area contributed by atoms with Crippen molar-refractivity contribution in [2.24, 2.45) is 0 Å². The van der Waals surface area contributed by atoms with Gasteiger partial charge in [-0.3, -0.25) is 9.59 Å². The van der Waals surface area contributed by atoms with Crippen LogP contribution in [0.25, 0.3) is 0 Å². The first kappa shape index (κ1) is 16.5. The van der Waals surface area contributed by atoms with Gasteiger partial charge in [-0.1, -0.05) is 42.5 Å². The summed E-state index contributed by atoms with van der Waals surface area (Å²) in [6.07, 6.45) is 0.184.